The molecule has 792 valence electrons. The number of halogens is 3. The zero-order chi connectivity index (χ0) is 107. The van der Waals surface area contributed by atoms with Crippen LogP contribution in [0.3, 0.4) is 0 Å². The van der Waals surface area contributed by atoms with Gasteiger partial charge in [-0.2, -0.15) is 13.2 Å². The molecule has 1 aromatic rings. The van der Waals surface area contributed by atoms with E-state index in [9.17, 15) is 110 Å². The lowest BCUT2D eigenvalue weighted by Crippen LogP contribution is -2.63. The Morgan fingerprint density at radius 2 is 1.01 bits per heavy atom. The first-order valence-electron chi connectivity index (χ1n) is 45.0. The molecule has 5 fully saturated rings. The summed E-state index contributed by atoms with van der Waals surface area (Å²) in [5, 5.41) is 84.0. The number of aliphatic hydroxyl groups is 2. The van der Waals surface area contributed by atoms with Gasteiger partial charge >= 0.3 is 18.1 Å². The number of carbonyl (C=O) groups excluding carboxylic acids is 21. The van der Waals surface area contributed by atoms with Crippen LogP contribution < -0.4 is 114 Å². The first-order chi connectivity index (χ1) is 66.6. The first kappa shape index (κ1) is 120. The minimum Gasteiger partial charge on any atom is -0.481 e. The number of rotatable bonds is 27. The second-order valence-electron chi connectivity index (χ2n) is 34.6. The Morgan fingerprint density at radius 3 is 1.51 bits per heavy atom. The number of aliphatic hydroxyl groups excluding tert-OH is 2. The van der Waals surface area contributed by atoms with Crippen LogP contribution in [0.2, 0.25) is 0 Å². The van der Waals surface area contributed by atoms with E-state index in [-0.39, 0.29) is 95.6 Å². The Labute approximate surface area is 826 Å². The maximum atomic E-state index is 15.5. The average Bonchev–Trinajstić information content (AvgIpc) is 1.60. The van der Waals surface area contributed by atoms with Crippen molar-refractivity contribution in [3.63, 3.8) is 0 Å². The lowest BCUT2D eigenvalue weighted by Gasteiger charge is -2.32. The number of guanidine groups is 1. The van der Waals surface area contributed by atoms with Crippen LogP contribution in [-0.2, 0) is 117 Å². The molecular weight excluding hydrogens is 1970 g/mol. The minimum absolute atomic E-state index is 0.0485. The van der Waals surface area contributed by atoms with Gasteiger partial charge in [0.1, 0.15) is 103 Å². The molecule has 0 aliphatic carbocycles. The number of alkyl halides is 3. The highest BCUT2D eigenvalue weighted by Gasteiger charge is 2.48. The van der Waals surface area contributed by atoms with Crippen LogP contribution in [0.25, 0.3) is 0 Å². The smallest absolute Gasteiger partial charge is 0.481 e. The monoisotopic (exact) mass is 2090 g/mol. The van der Waals surface area contributed by atoms with Gasteiger partial charge in [-0.05, 0) is 82.5 Å². The highest BCUT2D eigenvalue weighted by atomic mass is 33.1. The number of likely N-dealkylation sites (tertiary alicyclic amines) is 1. The van der Waals surface area contributed by atoms with Crippen LogP contribution in [0.5, 0.6) is 0 Å². The number of hydrogen-bond donors (Lipinski definition) is 27. The molecular formula is C81H126F3N27O27S4. The Hall–Kier alpha value is -12.6. The number of amides is 21. The van der Waals surface area contributed by atoms with Crippen molar-refractivity contribution in [3.05, 3.63) is 18.2 Å². The van der Waals surface area contributed by atoms with Crippen molar-refractivity contribution < 1.29 is 144 Å². The summed E-state index contributed by atoms with van der Waals surface area (Å²) in [6.45, 7) is 8.21. The van der Waals surface area contributed by atoms with E-state index in [4.69, 9.17) is 49.7 Å². The lowest BCUT2D eigenvalue weighted by atomic mass is 9.97. The molecule has 21 amide bonds. The number of nitrogens with two attached hydrogens (primary N) is 6. The topological polar surface area (TPSA) is 872 Å². The molecule has 5 saturated heterocycles. The molecule has 2 bridgehead atoms. The van der Waals surface area contributed by atoms with Crippen LogP contribution in [0.1, 0.15) is 144 Å². The number of primary amides is 4. The van der Waals surface area contributed by atoms with Gasteiger partial charge in [0.25, 0.3) is 0 Å². The maximum absolute atomic E-state index is 15.5. The van der Waals surface area contributed by atoms with E-state index < -0.39 is 343 Å². The molecule has 1 aromatic heterocycles. The Morgan fingerprint density at radius 1 is 0.556 bits per heavy atom. The zero-order valence-electron chi connectivity index (χ0n) is 78.5. The third-order valence-corrected chi connectivity index (χ3v) is 27.7. The number of carboxylic acid groups (broad SMARTS) is 2. The van der Waals surface area contributed by atoms with Gasteiger partial charge in [-0.15, -0.1) is 0 Å². The third kappa shape index (κ3) is 37.7. The Bertz CT molecular complexity index is 4730. The van der Waals surface area contributed by atoms with Gasteiger partial charge in [0.05, 0.1) is 50.0 Å². The molecule has 0 saturated carbocycles. The van der Waals surface area contributed by atoms with Gasteiger partial charge in [0, 0.05) is 68.2 Å². The molecule has 0 radical (unpaired) electrons. The van der Waals surface area contributed by atoms with Crippen LogP contribution in [-0.4, -0.2) is 364 Å². The second-order valence-corrected chi connectivity index (χ2v) is 39.7. The predicted octanol–water partition coefficient (Wildman–Crippen LogP) is -10.6. The number of fused-ring (bicyclic) bond motifs is 10. The van der Waals surface area contributed by atoms with Gasteiger partial charge in [-0.1, -0.05) is 91.1 Å². The number of imidazole rings is 1. The van der Waals surface area contributed by atoms with Gasteiger partial charge in [-0.3, -0.25) is 111 Å². The number of aromatic amines is 1. The fourth-order valence-corrected chi connectivity index (χ4v) is 19.7. The number of nitrogens with one attached hydrogen (secondary N) is 17. The number of carboxylic acids is 2. The molecule has 5 aliphatic rings. The van der Waals surface area contributed by atoms with Crippen LogP contribution in [0, 0.1) is 23.2 Å². The number of H-pyrrole nitrogens is 1. The third-order valence-electron chi connectivity index (χ3n) is 22.9. The Balaban J connectivity index is 0.00000488. The van der Waals surface area contributed by atoms with Gasteiger partial charge < -0.3 is 154 Å². The highest BCUT2D eigenvalue weighted by Crippen LogP contribution is 2.29. The molecule has 54 nitrogen and oxygen atoms in total. The molecule has 2 unspecified atom stereocenters. The molecule has 33 N–H and O–H groups in total. The summed E-state index contributed by atoms with van der Waals surface area (Å²) in [6.07, 6.45) is -8.73. The van der Waals surface area contributed by atoms with Gasteiger partial charge in [-0.25, -0.2) is 9.78 Å². The SMILES string of the molecule is CC[C@H](C)C1NC(=O)[C@H](CCC(N)=O)NC(=O)[C@@H]2CCCN2C(=O)[C@H](CC(N)=O)NC(=O)[C@H](Cc2c[nH]cn2)NC(=O)C(C(C)C)NC(=O)[C@H]([C@@H](C)O)NC(=O)[C@@H]2CSSC[C@H](NC(=O)[C@@H]3CCCN3C(=O)[C@H](CC(=O)O)NC(=O)[C@@H](N)CCCNC(=N)N)C(=O)N[C@@H](CSSC[C@@H](C(N)=O)NC1=O)C(=O)N[C@@H](CO)C(=O)N[C@@H](CC(N)=O)C(=O)N1CCC[C@H]1C(=O)N[C@@H](C(C)C)C(=O)N2.O=C(O)C(F)(F)F. The average molecular weight is 2100 g/mol. The summed E-state index contributed by atoms with van der Waals surface area (Å²) in [5.41, 5.74) is 34.4. The van der Waals surface area contributed by atoms with Crippen LogP contribution in [0.4, 0.5) is 13.2 Å². The van der Waals surface area contributed by atoms with Crippen LogP contribution >= 0.6 is 43.2 Å². The first-order valence-corrected chi connectivity index (χ1v) is 50.0. The van der Waals surface area contributed by atoms with Crippen molar-refractivity contribution in [2.75, 3.05) is 55.8 Å². The minimum atomic E-state index is -5.08. The fraction of sp³-hybridized carbons (Fsp3) is 0.667. The maximum Gasteiger partial charge on any atom is 0.490 e. The van der Waals surface area contributed by atoms with Crippen molar-refractivity contribution in [2.45, 2.75) is 266 Å². The standard InChI is InChI=1S/C79H125N27O25S4.C2HF3O2/c1-8-36(6)59-74(127)96-46(61(84)114)29-132-133-30-47-66(119)95-45(28-107)65(118)94-43(25-55(83)111)77(130)106-22-12-16-52(106)71(124)100-57(34(2)3)73(126)99-49(32-135-134-31-48(67(120)97-47)98-70(123)51-15-11-21-105(51)78(131)44(26-56(112)113)92-62(115)39(80)13-9-19-88-79(85)86)68(121)103-60(37(7)108)75(128)101-58(35(4)5)72(125)91-41(23-38-27-87-33-89-38)64(117)93-42(24-54(82)110)76(129)104-20-10-14-50(104)69(122)90-40(63(116)102-59)17-18-53(81)109;3-2(4,5)1(6)7/h27,33-37,39-52,57-60,107-108H,8-26,28-32,80H2,1-7H3,(H2,81,109)(H2,82,110)(H2,83,111)(H2,84,114)(H,87,89)(H,90,122)(H,91,125)(H,92,115)(H,93,117)(H,94,118)(H,95,119)(H,96,127)(H,97,120)(H,98,123)(H,99,126)(H,100,124)(H,101,128)(H,102,116)(H,103,121)(H,112,113)(H4,85,86,88);(H,6,7)/t36-,37+,39-,40-,41-,42-,43-,44-,45-,46-,47-,48-,49-,50-,51-,52-,57-,58?,59?,60-;/m0./s1. The lowest BCUT2D eigenvalue weighted by molar-refractivity contribution is -0.192. The van der Waals surface area contributed by atoms with Crippen molar-refractivity contribution in [3.8, 4) is 0 Å². The second kappa shape index (κ2) is 57.5. The quantitative estimate of drug-likeness (QED) is 0.0168. The molecule has 0 spiro atoms. The van der Waals surface area contributed by atoms with E-state index in [1.54, 1.807) is 6.92 Å². The normalized spacial score (nSPS) is 26.4. The molecule has 0 aromatic carbocycles. The van der Waals surface area contributed by atoms with Crippen molar-refractivity contribution >= 4 is 185 Å². The Kier molecular flexibility index (Phi) is 48.5. The zero-order valence-corrected chi connectivity index (χ0v) is 81.8. The van der Waals surface area contributed by atoms with E-state index >= 15 is 24.0 Å². The summed E-state index contributed by atoms with van der Waals surface area (Å²) in [4.78, 5) is 334. The van der Waals surface area contributed by atoms with E-state index in [0.29, 0.717) is 43.2 Å². The number of aromatic nitrogens is 2. The van der Waals surface area contributed by atoms with Crippen LogP contribution in [0.15, 0.2) is 12.5 Å². The summed E-state index contributed by atoms with van der Waals surface area (Å²) < 4.78 is 31.7. The van der Waals surface area contributed by atoms with E-state index in [1.165, 1.54) is 47.1 Å². The summed E-state index contributed by atoms with van der Waals surface area (Å²) >= 11 is 0. The summed E-state index contributed by atoms with van der Waals surface area (Å²) in [7, 11) is 2.74. The molecule has 6 rings (SSSR count). The largest absolute Gasteiger partial charge is 0.490 e. The molecule has 5 aliphatic heterocycles. The van der Waals surface area contributed by atoms with Gasteiger partial charge in [0.15, 0.2) is 5.96 Å². The number of aliphatic carboxylic acids is 2. The van der Waals surface area contributed by atoms with Gasteiger partial charge in [0.2, 0.25) is 124 Å². The fourth-order valence-electron chi connectivity index (χ4n) is 15.0. The van der Waals surface area contributed by atoms with E-state index in [1.807, 2.05) is 0 Å². The number of hydrogen-bond acceptors (Lipinski definition) is 32. The summed E-state index contributed by atoms with van der Waals surface area (Å²) in [6, 6.07) is -31.7. The van der Waals surface area contributed by atoms with E-state index in [2.05, 4.69) is 89.7 Å². The molecule has 61 heteroatoms. The summed E-state index contributed by atoms with van der Waals surface area (Å²) in [5.74, 6) is -33.8. The number of carbonyl (C=O) groups is 23. The van der Waals surface area contributed by atoms with Crippen molar-refractivity contribution in [1.29, 1.82) is 5.41 Å². The highest BCUT2D eigenvalue weighted by molar-refractivity contribution is 8.77. The number of nitrogens with zero attached hydrogens (tertiary/aromatic N) is 4. The molecule has 20 atom stereocenters. The van der Waals surface area contributed by atoms with Crippen molar-refractivity contribution in [1.82, 2.24) is 104 Å². The van der Waals surface area contributed by atoms with E-state index in [0.717, 1.165) is 21.6 Å². The predicted molar refractivity (Wildman–Crippen MR) is 500 cm³/mol. The molecule has 6 heterocycles. The van der Waals surface area contributed by atoms with Crippen molar-refractivity contribution in [2.24, 2.45) is 52.2 Å². The molecule has 142 heavy (non-hydrogen) atoms.